The Labute approximate surface area is 157 Å². The number of thiophene rings is 1. The lowest BCUT2D eigenvalue weighted by molar-refractivity contribution is -0.130. The van der Waals surface area contributed by atoms with Gasteiger partial charge in [-0.2, -0.15) is 0 Å². The van der Waals surface area contributed by atoms with Gasteiger partial charge in [0.1, 0.15) is 0 Å². The highest BCUT2D eigenvalue weighted by atomic mass is 32.1. The number of benzene rings is 1. The van der Waals surface area contributed by atoms with Crippen LogP contribution in [0.25, 0.3) is 0 Å². The number of amides is 1. The topological polar surface area (TPSA) is 57.6 Å². The summed E-state index contributed by atoms with van der Waals surface area (Å²) in [4.78, 5) is 28.3. The van der Waals surface area contributed by atoms with E-state index in [1.165, 1.54) is 0 Å². The molecule has 0 bridgehead atoms. The summed E-state index contributed by atoms with van der Waals surface area (Å²) in [7, 11) is 0. The molecule has 1 unspecified atom stereocenters. The predicted molar refractivity (Wildman–Crippen MR) is 103 cm³/mol. The lowest BCUT2D eigenvalue weighted by atomic mass is 9.90. The molecule has 0 aliphatic carbocycles. The van der Waals surface area contributed by atoms with Crippen LogP contribution in [-0.2, 0) is 16.1 Å². The smallest absolute Gasteiger partial charge is 0.290 e. The van der Waals surface area contributed by atoms with Crippen LogP contribution < -0.4 is 0 Å². The van der Waals surface area contributed by atoms with Crippen LogP contribution in [0.3, 0.4) is 0 Å². The number of hydrogen-bond donors (Lipinski definition) is 1. The van der Waals surface area contributed by atoms with Crippen LogP contribution in [0.15, 0.2) is 53.1 Å². The SMILES string of the molecule is Cc1ccccc1C1C(C(=O)CC(C)C)=C(O)C(=O)N1Cc1cccs1. The van der Waals surface area contributed by atoms with Crippen molar-refractivity contribution < 1.29 is 14.7 Å². The van der Waals surface area contributed by atoms with Crippen molar-refractivity contribution >= 4 is 23.0 Å². The van der Waals surface area contributed by atoms with Crippen molar-refractivity contribution in [2.45, 2.75) is 39.8 Å². The third-order valence-electron chi connectivity index (χ3n) is 4.59. The first-order valence-electron chi connectivity index (χ1n) is 8.75. The molecule has 0 spiro atoms. The summed E-state index contributed by atoms with van der Waals surface area (Å²) >= 11 is 1.56. The Bertz CT molecular complexity index is 852. The van der Waals surface area contributed by atoms with Crippen molar-refractivity contribution in [1.29, 1.82) is 0 Å². The van der Waals surface area contributed by atoms with Gasteiger partial charge in [0, 0.05) is 11.3 Å². The van der Waals surface area contributed by atoms with Crippen LogP contribution in [0.5, 0.6) is 0 Å². The van der Waals surface area contributed by atoms with Gasteiger partial charge >= 0.3 is 0 Å². The highest BCUT2D eigenvalue weighted by Crippen LogP contribution is 2.41. The molecule has 0 saturated carbocycles. The number of aryl methyl sites for hydroxylation is 1. The highest BCUT2D eigenvalue weighted by molar-refractivity contribution is 7.09. The fourth-order valence-corrected chi connectivity index (χ4v) is 4.07. The van der Waals surface area contributed by atoms with E-state index in [4.69, 9.17) is 0 Å². The summed E-state index contributed by atoms with van der Waals surface area (Å²) in [5, 5.41) is 12.5. The highest BCUT2D eigenvalue weighted by Gasteiger charge is 2.43. The summed E-state index contributed by atoms with van der Waals surface area (Å²) in [5.41, 5.74) is 2.11. The number of aliphatic hydroxyl groups excluding tert-OH is 1. The molecule has 5 heteroatoms. The van der Waals surface area contributed by atoms with Crippen LogP contribution in [0.2, 0.25) is 0 Å². The zero-order valence-electron chi connectivity index (χ0n) is 15.2. The molecule has 0 radical (unpaired) electrons. The average Bonchev–Trinajstić information content (AvgIpc) is 3.17. The lowest BCUT2D eigenvalue weighted by Crippen LogP contribution is -2.30. The van der Waals surface area contributed by atoms with Gasteiger partial charge in [-0.25, -0.2) is 0 Å². The first-order valence-corrected chi connectivity index (χ1v) is 9.63. The maximum atomic E-state index is 12.9. The zero-order chi connectivity index (χ0) is 18.8. The van der Waals surface area contributed by atoms with Gasteiger partial charge in [0.25, 0.3) is 5.91 Å². The number of ketones is 1. The lowest BCUT2D eigenvalue weighted by Gasteiger charge is -2.27. The van der Waals surface area contributed by atoms with Gasteiger partial charge in [-0.1, -0.05) is 44.2 Å². The zero-order valence-corrected chi connectivity index (χ0v) is 16.0. The second-order valence-electron chi connectivity index (χ2n) is 7.05. The normalized spacial score (nSPS) is 17.5. The summed E-state index contributed by atoms with van der Waals surface area (Å²) in [6.45, 7) is 6.25. The van der Waals surface area contributed by atoms with Crippen molar-refractivity contribution in [3.8, 4) is 0 Å². The second kappa shape index (κ2) is 7.46. The fourth-order valence-electron chi connectivity index (χ4n) is 3.37. The molecule has 0 fully saturated rings. The molecule has 2 heterocycles. The Morgan fingerprint density at radius 3 is 2.58 bits per heavy atom. The third-order valence-corrected chi connectivity index (χ3v) is 5.45. The summed E-state index contributed by atoms with van der Waals surface area (Å²) < 4.78 is 0. The molecule has 26 heavy (non-hydrogen) atoms. The van der Waals surface area contributed by atoms with Crippen LogP contribution in [0, 0.1) is 12.8 Å². The first kappa shape index (κ1) is 18.4. The minimum absolute atomic E-state index is 0.154. The van der Waals surface area contributed by atoms with Crippen LogP contribution in [0.4, 0.5) is 0 Å². The standard InChI is InChI=1S/C21H23NO3S/c1-13(2)11-17(23)18-19(16-9-5-4-7-14(16)3)22(21(25)20(18)24)12-15-8-6-10-26-15/h4-10,13,19,24H,11-12H2,1-3H3. The average molecular weight is 369 g/mol. The van der Waals surface area contributed by atoms with E-state index in [1.54, 1.807) is 16.2 Å². The maximum absolute atomic E-state index is 12.9. The molecule has 0 saturated heterocycles. The first-order chi connectivity index (χ1) is 12.4. The Balaban J connectivity index is 2.07. The summed E-state index contributed by atoms with van der Waals surface area (Å²) in [6.07, 6.45) is 0.307. The van der Waals surface area contributed by atoms with Gasteiger partial charge in [0.05, 0.1) is 18.2 Å². The van der Waals surface area contributed by atoms with Crippen molar-refractivity contribution in [3.05, 3.63) is 69.1 Å². The summed E-state index contributed by atoms with van der Waals surface area (Å²) in [6, 6.07) is 11.1. The van der Waals surface area contributed by atoms with Gasteiger partial charge in [-0.3, -0.25) is 9.59 Å². The monoisotopic (exact) mass is 369 g/mol. The van der Waals surface area contributed by atoms with E-state index in [9.17, 15) is 14.7 Å². The molecule has 1 atom stereocenters. The fraction of sp³-hybridized carbons (Fsp3) is 0.333. The molecule has 1 N–H and O–H groups in total. The Hall–Kier alpha value is -2.40. The van der Waals surface area contributed by atoms with Gasteiger partial charge in [-0.05, 0) is 35.4 Å². The van der Waals surface area contributed by atoms with Crippen LogP contribution >= 0.6 is 11.3 Å². The number of carbonyl (C=O) groups is 2. The Morgan fingerprint density at radius 1 is 1.23 bits per heavy atom. The van der Waals surface area contributed by atoms with Crippen molar-refractivity contribution in [3.63, 3.8) is 0 Å². The predicted octanol–water partition coefficient (Wildman–Crippen LogP) is 4.57. The van der Waals surface area contributed by atoms with Crippen molar-refractivity contribution in [1.82, 2.24) is 4.90 Å². The second-order valence-corrected chi connectivity index (χ2v) is 8.09. The molecular formula is C21H23NO3S. The van der Waals surface area contributed by atoms with Gasteiger partial charge in [-0.15, -0.1) is 11.3 Å². The number of rotatable bonds is 6. The molecule has 3 rings (SSSR count). The Morgan fingerprint density at radius 2 is 1.96 bits per heavy atom. The van der Waals surface area contributed by atoms with Crippen LogP contribution in [-0.4, -0.2) is 21.7 Å². The maximum Gasteiger partial charge on any atom is 0.290 e. The molecule has 1 aromatic carbocycles. The van der Waals surface area contributed by atoms with E-state index < -0.39 is 17.7 Å². The molecule has 1 aromatic heterocycles. The third kappa shape index (κ3) is 3.44. The van der Waals surface area contributed by atoms with E-state index in [0.29, 0.717) is 13.0 Å². The molecule has 4 nitrogen and oxygen atoms in total. The molecule has 1 aliphatic rings. The molecule has 136 valence electrons. The number of nitrogens with zero attached hydrogens (tertiary/aromatic N) is 1. The number of carbonyl (C=O) groups excluding carboxylic acids is 2. The van der Waals surface area contributed by atoms with E-state index >= 15 is 0 Å². The summed E-state index contributed by atoms with van der Waals surface area (Å²) in [5.74, 6) is -0.881. The molecule has 2 aromatic rings. The molecular weight excluding hydrogens is 346 g/mol. The van der Waals surface area contributed by atoms with E-state index in [0.717, 1.165) is 16.0 Å². The number of hydrogen-bond acceptors (Lipinski definition) is 4. The molecule has 1 aliphatic heterocycles. The van der Waals surface area contributed by atoms with E-state index in [-0.39, 0.29) is 17.3 Å². The minimum atomic E-state index is -0.544. The van der Waals surface area contributed by atoms with Crippen molar-refractivity contribution in [2.24, 2.45) is 5.92 Å². The van der Waals surface area contributed by atoms with Crippen LogP contribution in [0.1, 0.15) is 42.3 Å². The van der Waals surface area contributed by atoms with Gasteiger partial charge in [0.15, 0.2) is 11.5 Å². The minimum Gasteiger partial charge on any atom is -0.503 e. The number of aliphatic hydroxyl groups is 1. The van der Waals surface area contributed by atoms with E-state index in [2.05, 4.69) is 0 Å². The van der Waals surface area contributed by atoms with Gasteiger partial charge in [0.2, 0.25) is 0 Å². The van der Waals surface area contributed by atoms with E-state index in [1.807, 2.05) is 62.5 Å². The Kier molecular flexibility index (Phi) is 5.28. The quantitative estimate of drug-likeness (QED) is 0.811. The number of Topliss-reactive ketones (excluding diaryl/α,β-unsaturated/α-hetero) is 1. The molecule has 1 amide bonds. The van der Waals surface area contributed by atoms with Crippen molar-refractivity contribution in [2.75, 3.05) is 0 Å². The van der Waals surface area contributed by atoms with Gasteiger partial charge < -0.3 is 10.0 Å². The largest absolute Gasteiger partial charge is 0.503 e.